The molecule has 0 spiro atoms. The number of carbonyl (C=O) groups is 1. The van der Waals surface area contributed by atoms with E-state index in [-0.39, 0.29) is 19.4 Å². The van der Waals surface area contributed by atoms with Gasteiger partial charge in [-0.05, 0) is 6.42 Å². The molecule has 13 heteroatoms. The fourth-order valence-corrected chi connectivity index (χ4v) is 3.07. The molecule has 0 amide bonds. The Hall–Kier alpha value is -0.970. The van der Waals surface area contributed by atoms with E-state index in [0.717, 1.165) is 0 Å². The van der Waals surface area contributed by atoms with E-state index < -0.39 is 80.6 Å². The standard InChI is InChI=1S/C16H28O13/c17-3-1-2-9(21)28-13-12(24)11(23)8(4-18)27-15(13)29-14-10(22)7(20)5-26-16(14,25)6-19/h7-8,10-15,17-20,22-25H,1-6H2/t7-,8-,10-,11-,12+,13-,14+,15-,16?/m1/s1. The Bertz CT molecular complexity index is 533. The van der Waals surface area contributed by atoms with E-state index in [1.165, 1.54) is 0 Å². The van der Waals surface area contributed by atoms with Gasteiger partial charge in [0, 0.05) is 13.0 Å². The van der Waals surface area contributed by atoms with Gasteiger partial charge in [0.25, 0.3) is 0 Å². The first-order valence-electron chi connectivity index (χ1n) is 9.10. The lowest BCUT2D eigenvalue weighted by atomic mass is 9.95. The molecule has 13 nitrogen and oxygen atoms in total. The number of carbonyl (C=O) groups excluding carboxylic acids is 1. The summed E-state index contributed by atoms with van der Waals surface area (Å²) in [6.07, 6.45) is -13.4. The molecule has 0 aromatic carbocycles. The van der Waals surface area contributed by atoms with Crippen LogP contribution in [-0.2, 0) is 23.7 Å². The molecule has 0 aliphatic carbocycles. The highest BCUT2D eigenvalue weighted by molar-refractivity contribution is 5.69. The van der Waals surface area contributed by atoms with Crippen molar-refractivity contribution in [3.8, 4) is 0 Å². The van der Waals surface area contributed by atoms with Crippen molar-refractivity contribution in [3.05, 3.63) is 0 Å². The van der Waals surface area contributed by atoms with Crippen LogP contribution in [0.15, 0.2) is 0 Å². The third kappa shape index (κ3) is 5.39. The van der Waals surface area contributed by atoms with Crippen LogP contribution < -0.4 is 0 Å². The first-order valence-corrected chi connectivity index (χ1v) is 9.10. The minimum atomic E-state index is -2.46. The minimum Gasteiger partial charge on any atom is -0.454 e. The zero-order valence-electron chi connectivity index (χ0n) is 15.5. The molecule has 0 saturated carbocycles. The Kier molecular flexibility index (Phi) is 8.69. The summed E-state index contributed by atoms with van der Waals surface area (Å²) in [5.74, 6) is -3.32. The highest BCUT2D eigenvalue weighted by Gasteiger charge is 2.55. The molecule has 29 heavy (non-hydrogen) atoms. The van der Waals surface area contributed by atoms with Crippen molar-refractivity contribution in [1.82, 2.24) is 0 Å². The van der Waals surface area contributed by atoms with Crippen LogP contribution in [0.3, 0.4) is 0 Å². The predicted octanol–water partition coefficient (Wildman–Crippen LogP) is -5.07. The third-order valence-electron chi connectivity index (χ3n) is 4.79. The average molecular weight is 428 g/mol. The van der Waals surface area contributed by atoms with Crippen molar-refractivity contribution in [3.63, 3.8) is 0 Å². The third-order valence-corrected chi connectivity index (χ3v) is 4.79. The van der Waals surface area contributed by atoms with E-state index in [1.807, 2.05) is 0 Å². The van der Waals surface area contributed by atoms with E-state index in [0.29, 0.717) is 0 Å². The number of aliphatic hydroxyl groups excluding tert-OH is 7. The van der Waals surface area contributed by atoms with Gasteiger partial charge in [0.1, 0.15) is 36.6 Å². The highest BCUT2D eigenvalue weighted by Crippen LogP contribution is 2.32. The number of hydrogen-bond acceptors (Lipinski definition) is 13. The predicted molar refractivity (Wildman–Crippen MR) is 88.8 cm³/mol. The molecule has 0 radical (unpaired) electrons. The lowest BCUT2D eigenvalue weighted by Gasteiger charge is -2.47. The Morgan fingerprint density at radius 1 is 1.07 bits per heavy atom. The van der Waals surface area contributed by atoms with E-state index in [1.54, 1.807) is 0 Å². The van der Waals surface area contributed by atoms with Crippen LogP contribution in [0.1, 0.15) is 12.8 Å². The molecule has 2 heterocycles. The monoisotopic (exact) mass is 428 g/mol. The molecule has 9 atom stereocenters. The van der Waals surface area contributed by atoms with Crippen LogP contribution in [0.2, 0.25) is 0 Å². The first-order chi connectivity index (χ1) is 13.7. The van der Waals surface area contributed by atoms with E-state index in [4.69, 9.17) is 24.1 Å². The Balaban J connectivity index is 2.24. The van der Waals surface area contributed by atoms with Crippen LogP contribution >= 0.6 is 0 Å². The molecule has 0 aromatic rings. The lowest BCUT2D eigenvalue weighted by molar-refractivity contribution is -0.387. The Morgan fingerprint density at radius 3 is 2.34 bits per heavy atom. The molecule has 1 unspecified atom stereocenters. The normalized spacial score (nSPS) is 43.2. The smallest absolute Gasteiger partial charge is 0.306 e. The number of rotatable bonds is 8. The number of aliphatic hydroxyl groups is 8. The van der Waals surface area contributed by atoms with Gasteiger partial charge >= 0.3 is 5.97 Å². The van der Waals surface area contributed by atoms with Gasteiger partial charge in [0.15, 0.2) is 12.4 Å². The van der Waals surface area contributed by atoms with Gasteiger partial charge in [-0.3, -0.25) is 4.79 Å². The molecule has 0 bridgehead atoms. The molecule has 170 valence electrons. The first kappa shape index (κ1) is 24.3. The molecule has 2 aliphatic heterocycles. The molecule has 0 aromatic heterocycles. The van der Waals surface area contributed by atoms with Crippen LogP contribution in [0.4, 0.5) is 0 Å². The maximum Gasteiger partial charge on any atom is 0.306 e. The topological polar surface area (TPSA) is 216 Å². The van der Waals surface area contributed by atoms with E-state index >= 15 is 0 Å². The van der Waals surface area contributed by atoms with E-state index in [2.05, 4.69) is 0 Å². The molecule has 2 fully saturated rings. The molecule has 2 aliphatic rings. The number of esters is 1. The van der Waals surface area contributed by atoms with Gasteiger partial charge in [0.05, 0.1) is 19.8 Å². The number of ether oxygens (including phenoxy) is 4. The van der Waals surface area contributed by atoms with Gasteiger partial charge in [-0.2, -0.15) is 0 Å². The molecule has 2 saturated heterocycles. The maximum atomic E-state index is 11.9. The summed E-state index contributed by atoms with van der Waals surface area (Å²) >= 11 is 0. The van der Waals surface area contributed by atoms with Crippen molar-refractivity contribution in [2.75, 3.05) is 26.4 Å². The second-order valence-corrected chi connectivity index (χ2v) is 6.92. The maximum absolute atomic E-state index is 11.9. The van der Waals surface area contributed by atoms with Crippen molar-refractivity contribution >= 4 is 5.97 Å². The molecule has 8 N–H and O–H groups in total. The van der Waals surface area contributed by atoms with Crippen LogP contribution in [0.5, 0.6) is 0 Å². The molecular weight excluding hydrogens is 400 g/mol. The highest BCUT2D eigenvalue weighted by atomic mass is 16.7. The summed E-state index contributed by atoms with van der Waals surface area (Å²) in [6, 6.07) is 0. The van der Waals surface area contributed by atoms with Crippen molar-refractivity contribution < 1.29 is 64.6 Å². The summed E-state index contributed by atoms with van der Waals surface area (Å²) in [4.78, 5) is 11.9. The molecular formula is C16H28O13. The summed E-state index contributed by atoms with van der Waals surface area (Å²) < 4.78 is 20.7. The van der Waals surface area contributed by atoms with E-state index in [9.17, 15) is 40.5 Å². The zero-order chi connectivity index (χ0) is 21.8. The fraction of sp³-hybridized carbons (Fsp3) is 0.938. The Labute approximate surface area is 165 Å². The minimum absolute atomic E-state index is 0.0709. The van der Waals surface area contributed by atoms with Gasteiger partial charge in [-0.15, -0.1) is 0 Å². The second-order valence-electron chi connectivity index (χ2n) is 6.92. The van der Waals surface area contributed by atoms with Gasteiger partial charge in [-0.1, -0.05) is 0 Å². The summed E-state index contributed by atoms with van der Waals surface area (Å²) in [5.41, 5.74) is 0. The quantitative estimate of drug-likeness (QED) is 0.170. The van der Waals surface area contributed by atoms with Crippen LogP contribution in [-0.4, -0.2) is 128 Å². The largest absolute Gasteiger partial charge is 0.454 e. The summed E-state index contributed by atoms with van der Waals surface area (Å²) in [7, 11) is 0. The average Bonchev–Trinajstić information content (AvgIpc) is 2.71. The van der Waals surface area contributed by atoms with Crippen molar-refractivity contribution in [2.45, 2.75) is 67.6 Å². The van der Waals surface area contributed by atoms with Gasteiger partial charge < -0.3 is 59.8 Å². The molecule has 2 rings (SSSR count). The zero-order valence-corrected chi connectivity index (χ0v) is 15.5. The van der Waals surface area contributed by atoms with Gasteiger partial charge in [-0.25, -0.2) is 0 Å². The van der Waals surface area contributed by atoms with Crippen molar-refractivity contribution in [2.24, 2.45) is 0 Å². The van der Waals surface area contributed by atoms with Crippen LogP contribution in [0.25, 0.3) is 0 Å². The Morgan fingerprint density at radius 2 is 1.76 bits per heavy atom. The van der Waals surface area contributed by atoms with Crippen molar-refractivity contribution in [1.29, 1.82) is 0 Å². The van der Waals surface area contributed by atoms with Crippen LogP contribution in [0, 0.1) is 0 Å². The summed E-state index contributed by atoms with van der Waals surface area (Å²) in [5, 5.41) is 78.2. The lowest BCUT2D eigenvalue weighted by Crippen LogP contribution is -2.67. The summed E-state index contributed by atoms with van der Waals surface area (Å²) in [6.45, 7) is -2.59. The second kappa shape index (κ2) is 10.4. The van der Waals surface area contributed by atoms with Gasteiger partial charge in [0.2, 0.25) is 5.79 Å². The fourth-order valence-electron chi connectivity index (χ4n) is 3.07. The SMILES string of the molecule is O=C(CCCO)O[C@H]1[C@@H](O[C@H]2[C@H](O)[C@H](O)COC2(O)CO)O[C@H](CO)[C@@H](O)[C@@H]1O. The number of hydrogen-bond donors (Lipinski definition) is 8.